The second-order valence-electron chi connectivity index (χ2n) is 7.17. The fourth-order valence-corrected chi connectivity index (χ4v) is 5.84. The van der Waals surface area contributed by atoms with Crippen LogP contribution in [0.25, 0.3) is 0 Å². The zero-order chi connectivity index (χ0) is 19.8. The standard InChI is InChI=1S/C21H22N2O3S2/c1-11(17-12(2)23-26-13(17)3)20(25)22-21-18(19(24)16-9-6-10-27-16)14-7-4-5-8-15(14)28-21/h6,9-11H,4-5,7-8H2,1-3H3,(H,22,25)/t11-/m0/s1. The molecule has 7 heteroatoms. The van der Waals surface area contributed by atoms with Gasteiger partial charge in [0.1, 0.15) is 10.8 Å². The molecule has 0 saturated heterocycles. The predicted molar refractivity (Wildman–Crippen MR) is 112 cm³/mol. The number of rotatable bonds is 5. The second kappa shape index (κ2) is 7.64. The summed E-state index contributed by atoms with van der Waals surface area (Å²) in [4.78, 5) is 28.1. The molecule has 1 amide bonds. The number of hydrogen-bond acceptors (Lipinski definition) is 6. The number of hydrogen-bond donors (Lipinski definition) is 1. The van der Waals surface area contributed by atoms with E-state index in [1.807, 2.05) is 38.3 Å². The number of nitrogens with one attached hydrogen (secondary N) is 1. The van der Waals surface area contributed by atoms with E-state index >= 15 is 0 Å². The van der Waals surface area contributed by atoms with Crippen LogP contribution in [0, 0.1) is 13.8 Å². The molecule has 3 aromatic rings. The number of fused-ring (bicyclic) bond motifs is 1. The summed E-state index contributed by atoms with van der Waals surface area (Å²) in [5.74, 6) is 0.110. The van der Waals surface area contributed by atoms with E-state index < -0.39 is 5.92 Å². The summed E-state index contributed by atoms with van der Waals surface area (Å²) in [5, 5.41) is 9.58. The van der Waals surface area contributed by atoms with Gasteiger partial charge in [0, 0.05) is 10.4 Å². The molecule has 0 fully saturated rings. The minimum atomic E-state index is -0.407. The first-order valence-corrected chi connectivity index (χ1v) is 11.1. The smallest absolute Gasteiger partial charge is 0.232 e. The monoisotopic (exact) mass is 414 g/mol. The van der Waals surface area contributed by atoms with Crippen LogP contribution in [0.5, 0.6) is 0 Å². The summed E-state index contributed by atoms with van der Waals surface area (Å²) in [5.41, 5.74) is 3.34. The molecule has 3 aromatic heterocycles. The molecule has 1 aliphatic rings. The van der Waals surface area contributed by atoms with Crippen LogP contribution in [-0.4, -0.2) is 16.8 Å². The molecule has 146 valence electrons. The summed E-state index contributed by atoms with van der Waals surface area (Å²) in [6.07, 6.45) is 4.08. The van der Waals surface area contributed by atoms with Gasteiger partial charge < -0.3 is 9.84 Å². The highest BCUT2D eigenvalue weighted by atomic mass is 32.1. The Labute approximate surface area is 171 Å². The van der Waals surface area contributed by atoms with Crippen LogP contribution in [0.4, 0.5) is 5.00 Å². The average Bonchev–Trinajstić information content (AvgIpc) is 3.40. The van der Waals surface area contributed by atoms with Crippen LogP contribution in [0.3, 0.4) is 0 Å². The van der Waals surface area contributed by atoms with E-state index in [4.69, 9.17) is 4.52 Å². The van der Waals surface area contributed by atoms with E-state index in [1.165, 1.54) is 16.2 Å². The van der Waals surface area contributed by atoms with Crippen molar-refractivity contribution in [3.05, 3.63) is 55.4 Å². The summed E-state index contributed by atoms with van der Waals surface area (Å²) in [7, 11) is 0. The van der Waals surface area contributed by atoms with Crippen molar-refractivity contribution in [3.8, 4) is 0 Å². The Morgan fingerprint density at radius 3 is 2.71 bits per heavy atom. The SMILES string of the molecule is Cc1noc(C)c1[C@H](C)C(=O)Nc1sc2c(c1C(=O)c1cccs1)CCCC2. The van der Waals surface area contributed by atoms with E-state index in [9.17, 15) is 9.59 Å². The Balaban J connectivity index is 1.68. The Morgan fingerprint density at radius 2 is 2.04 bits per heavy atom. The summed E-state index contributed by atoms with van der Waals surface area (Å²) >= 11 is 2.99. The van der Waals surface area contributed by atoms with Crippen molar-refractivity contribution in [1.29, 1.82) is 0 Å². The van der Waals surface area contributed by atoms with E-state index in [1.54, 1.807) is 11.3 Å². The highest BCUT2D eigenvalue weighted by Crippen LogP contribution is 2.40. The molecule has 1 aliphatic carbocycles. The number of ketones is 1. The number of carbonyl (C=O) groups excluding carboxylic acids is 2. The van der Waals surface area contributed by atoms with Crippen LogP contribution in [0.1, 0.15) is 68.4 Å². The number of anilines is 1. The third kappa shape index (κ3) is 3.33. The van der Waals surface area contributed by atoms with Crippen LogP contribution in [0.15, 0.2) is 22.0 Å². The number of aromatic nitrogens is 1. The largest absolute Gasteiger partial charge is 0.361 e. The Hall–Kier alpha value is -2.25. The Kier molecular flexibility index (Phi) is 5.21. The normalized spacial score (nSPS) is 14.5. The van der Waals surface area contributed by atoms with Gasteiger partial charge in [-0.2, -0.15) is 0 Å². The molecule has 0 saturated carbocycles. The number of nitrogens with zero attached hydrogens (tertiary/aromatic N) is 1. The molecule has 4 rings (SSSR count). The fourth-order valence-electron chi connectivity index (χ4n) is 3.88. The van der Waals surface area contributed by atoms with Crippen LogP contribution >= 0.6 is 22.7 Å². The molecule has 0 radical (unpaired) electrons. The molecule has 28 heavy (non-hydrogen) atoms. The van der Waals surface area contributed by atoms with Gasteiger partial charge in [-0.1, -0.05) is 11.2 Å². The van der Waals surface area contributed by atoms with Gasteiger partial charge in [-0.05, 0) is 63.5 Å². The number of thiophene rings is 2. The molecular weight excluding hydrogens is 392 g/mol. The maximum absolute atomic E-state index is 13.2. The molecule has 0 spiro atoms. The summed E-state index contributed by atoms with van der Waals surface area (Å²) in [6.45, 7) is 5.50. The summed E-state index contributed by atoms with van der Waals surface area (Å²) < 4.78 is 5.21. The number of aryl methyl sites for hydroxylation is 3. The number of amides is 1. The van der Waals surface area contributed by atoms with Crippen molar-refractivity contribution >= 4 is 39.4 Å². The Morgan fingerprint density at radius 1 is 1.25 bits per heavy atom. The third-order valence-corrected chi connectivity index (χ3v) is 7.37. The van der Waals surface area contributed by atoms with Gasteiger partial charge in [0.05, 0.1) is 22.1 Å². The van der Waals surface area contributed by atoms with Crippen molar-refractivity contribution in [3.63, 3.8) is 0 Å². The van der Waals surface area contributed by atoms with Crippen LogP contribution < -0.4 is 5.32 Å². The van der Waals surface area contributed by atoms with Crippen molar-refractivity contribution in [2.24, 2.45) is 0 Å². The van der Waals surface area contributed by atoms with Gasteiger partial charge in [-0.3, -0.25) is 9.59 Å². The molecule has 1 N–H and O–H groups in total. The van der Waals surface area contributed by atoms with Gasteiger partial charge in [-0.15, -0.1) is 22.7 Å². The topological polar surface area (TPSA) is 72.2 Å². The van der Waals surface area contributed by atoms with E-state index in [2.05, 4.69) is 10.5 Å². The lowest BCUT2D eigenvalue weighted by Gasteiger charge is -2.13. The predicted octanol–water partition coefficient (Wildman–Crippen LogP) is 5.27. The van der Waals surface area contributed by atoms with Gasteiger partial charge in [0.2, 0.25) is 11.7 Å². The number of carbonyl (C=O) groups is 2. The van der Waals surface area contributed by atoms with Gasteiger partial charge in [-0.25, -0.2) is 0 Å². The maximum atomic E-state index is 13.2. The van der Waals surface area contributed by atoms with Gasteiger partial charge >= 0.3 is 0 Å². The van der Waals surface area contributed by atoms with E-state index in [0.717, 1.165) is 42.5 Å². The summed E-state index contributed by atoms with van der Waals surface area (Å²) in [6, 6.07) is 3.73. The lowest BCUT2D eigenvalue weighted by atomic mass is 9.93. The lowest BCUT2D eigenvalue weighted by molar-refractivity contribution is -0.117. The van der Waals surface area contributed by atoms with Crippen LogP contribution in [0.2, 0.25) is 0 Å². The minimum Gasteiger partial charge on any atom is -0.361 e. The maximum Gasteiger partial charge on any atom is 0.232 e. The molecule has 0 unspecified atom stereocenters. The first kappa shape index (κ1) is 19.1. The van der Waals surface area contributed by atoms with Gasteiger partial charge in [0.25, 0.3) is 0 Å². The van der Waals surface area contributed by atoms with Crippen molar-refractivity contribution in [2.75, 3.05) is 5.32 Å². The molecule has 0 bridgehead atoms. The van der Waals surface area contributed by atoms with E-state index in [-0.39, 0.29) is 11.7 Å². The minimum absolute atomic E-state index is 0.00897. The molecule has 1 atom stereocenters. The highest BCUT2D eigenvalue weighted by molar-refractivity contribution is 7.17. The Bertz CT molecular complexity index is 1010. The van der Waals surface area contributed by atoms with Crippen molar-refractivity contribution < 1.29 is 14.1 Å². The van der Waals surface area contributed by atoms with Gasteiger partial charge in [0.15, 0.2) is 0 Å². The molecule has 0 aromatic carbocycles. The second-order valence-corrected chi connectivity index (χ2v) is 9.22. The van der Waals surface area contributed by atoms with E-state index in [0.29, 0.717) is 21.2 Å². The average molecular weight is 415 g/mol. The zero-order valence-corrected chi connectivity index (χ0v) is 17.8. The molecule has 3 heterocycles. The third-order valence-electron chi connectivity index (χ3n) is 5.29. The molecule has 0 aliphatic heterocycles. The zero-order valence-electron chi connectivity index (χ0n) is 16.1. The fraction of sp³-hybridized carbons (Fsp3) is 0.381. The van der Waals surface area contributed by atoms with Crippen LogP contribution in [-0.2, 0) is 17.6 Å². The van der Waals surface area contributed by atoms with Crippen molar-refractivity contribution in [1.82, 2.24) is 5.16 Å². The molecular formula is C21H22N2O3S2. The molecule has 5 nitrogen and oxygen atoms in total. The van der Waals surface area contributed by atoms with Crippen molar-refractivity contribution in [2.45, 2.75) is 52.4 Å². The quantitative estimate of drug-likeness (QED) is 0.578. The first-order chi connectivity index (χ1) is 13.5. The lowest BCUT2D eigenvalue weighted by Crippen LogP contribution is -2.20. The first-order valence-electron chi connectivity index (χ1n) is 9.43. The highest BCUT2D eigenvalue weighted by Gasteiger charge is 2.29.